The Morgan fingerprint density at radius 3 is 3.13 bits per heavy atom. The topological polar surface area (TPSA) is 12.0 Å². The molecule has 2 heteroatoms. The highest BCUT2D eigenvalue weighted by atomic mass is 79.9. The van der Waals surface area contributed by atoms with Crippen molar-refractivity contribution in [2.24, 2.45) is 5.92 Å². The van der Waals surface area contributed by atoms with Gasteiger partial charge in [0.2, 0.25) is 0 Å². The zero-order valence-electron chi connectivity index (χ0n) is 9.01. The highest BCUT2D eigenvalue weighted by molar-refractivity contribution is 9.10. The summed E-state index contributed by atoms with van der Waals surface area (Å²) in [7, 11) is 0. The number of rotatable bonds is 2. The molecule has 1 saturated heterocycles. The van der Waals surface area contributed by atoms with E-state index in [4.69, 9.17) is 0 Å². The molecular weight excluding hydrogens is 250 g/mol. The second kappa shape index (κ2) is 5.66. The van der Waals surface area contributed by atoms with Gasteiger partial charge in [-0.15, -0.1) is 0 Å². The van der Waals surface area contributed by atoms with Crippen molar-refractivity contribution in [3.63, 3.8) is 0 Å². The van der Waals surface area contributed by atoms with Crippen LogP contribution in [0.2, 0.25) is 0 Å². The predicted molar refractivity (Wildman–Crippen MR) is 68.1 cm³/mol. The van der Waals surface area contributed by atoms with Crippen molar-refractivity contribution >= 4 is 15.9 Å². The molecule has 2 rings (SSSR count). The van der Waals surface area contributed by atoms with Gasteiger partial charge in [0.15, 0.2) is 0 Å². The molecule has 1 nitrogen and oxygen atoms in total. The lowest BCUT2D eigenvalue weighted by Gasteiger charge is -2.14. The third-order valence-electron chi connectivity index (χ3n) is 3.06. The Labute approximate surface area is 100 Å². The van der Waals surface area contributed by atoms with Crippen LogP contribution < -0.4 is 5.32 Å². The summed E-state index contributed by atoms with van der Waals surface area (Å²) in [5.74, 6) is 0.821. The molecular formula is C13H18BrN. The smallest absolute Gasteiger partial charge is 0.0177 e. The number of hydrogen-bond donors (Lipinski definition) is 1. The van der Waals surface area contributed by atoms with Crippen molar-refractivity contribution in [3.05, 3.63) is 34.3 Å². The van der Waals surface area contributed by atoms with Gasteiger partial charge in [-0.3, -0.25) is 0 Å². The highest BCUT2D eigenvalue weighted by Crippen LogP contribution is 2.19. The summed E-state index contributed by atoms with van der Waals surface area (Å²) in [4.78, 5) is 0. The molecule has 15 heavy (non-hydrogen) atoms. The molecule has 0 saturated carbocycles. The van der Waals surface area contributed by atoms with Gasteiger partial charge in [0.05, 0.1) is 0 Å². The standard InChI is InChI=1S/C13H18BrN/c14-13-6-3-5-11(9-13)8-12-4-1-2-7-15-10-12/h3,5-6,9,12,15H,1-2,4,7-8,10H2. The van der Waals surface area contributed by atoms with Crippen molar-refractivity contribution in [1.82, 2.24) is 5.32 Å². The second-order valence-corrected chi connectivity index (χ2v) is 5.32. The molecule has 1 N–H and O–H groups in total. The lowest BCUT2D eigenvalue weighted by molar-refractivity contribution is 0.477. The van der Waals surface area contributed by atoms with E-state index in [9.17, 15) is 0 Å². The first-order chi connectivity index (χ1) is 7.34. The third kappa shape index (κ3) is 3.62. The van der Waals surface area contributed by atoms with Crippen LogP contribution in [-0.4, -0.2) is 13.1 Å². The van der Waals surface area contributed by atoms with E-state index in [1.165, 1.54) is 48.8 Å². The first-order valence-corrected chi connectivity index (χ1v) is 6.59. The van der Waals surface area contributed by atoms with E-state index >= 15 is 0 Å². The first-order valence-electron chi connectivity index (χ1n) is 5.80. The Kier molecular flexibility index (Phi) is 4.21. The zero-order valence-corrected chi connectivity index (χ0v) is 10.6. The van der Waals surface area contributed by atoms with Gasteiger partial charge >= 0.3 is 0 Å². The molecule has 1 heterocycles. The van der Waals surface area contributed by atoms with Crippen LogP contribution >= 0.6 is 15.9 Å². The Bertz CT molecular complexity index is 303. The van der Waals surface area contributed by atoms with Gasteiger partial charge in [-0.1, -0.05) is 34.5 Å². The van der Waals surface area contributed by atoms with E-state index < -0.39 is 0 Å². The van der Waals surface area contributed by atoms with Gasteiger partial charge in [-0.05, 0) is 56.0 Å². The van der Waals surface area contributed by atoms with E-state index in [1.54, 1.807) is 0 Å². The summed E-state index contributed by atoms with van der Waals surface area (Å²) >= 11 is 3.53. The molecule has 0 amide bonds. The molecule has 0 radical (unpaired) electrons. The minimum atomic E-state index is 0.821. The molecule has 1 unspecified atom stereocenters. The molecule has 1 aromatic rings. The lowest BCUT2D eigenvalue weighted by atomic mass is 9.95. The summed E-state index contributed by atoms with van der Waals surface area (Å²) in [6, 6.07) is 8.69. The zero-order chi connectivity index (χ0) is 10.5. The van der Waals surface area contributed by atoms with Gasteiger partial charge in [0.25, 0.3) is 0 Å². The van der Waals surface area contributed by atoms with E-state index in [0.717, 1.165) is 5.92 Å². The third-order valence-corrected chi connectivity index (χ3v) is 3.56. The van der Waals surface area contributed by atoms with Crippen LogP contribution in [-0.2, 0) is 6.42 Å². The molecule has 0 spiro atoms. The van der Waals surface area contributed by atoms with Crippen molar-refractivity contribution in [1.29, 1.82) is 0 Å². The minimum absolute atomic E-state index is 0.821. The van der Waals surface area contributed by atoms with E-state index in [2.05, 4.69) is 45.5 Å². The maximum absolute atomic E-state index is 3.53. The van der Waals surface area contributed by atoms with Gasteiger partial charge in [0.1, 0.15) is 0 Å². The van der Waals surface area contributed by atoms with Crippen LogP contribution in [0.3, 0.4) is 0 Å². The van der Waals surface area contributed by atoms with Gasteiger partial charge in [-0.2, -0.15) is 0 Å². The van der Waals surface area contributed by atoms with Crippen LogP contribution in [0.4, 0.5) is 0 Å². The molecule has 1 aliphatic heterocycles. The Morgan fingerprint density at radius 1 is 1.33 bits per heavy atom. The maximum atomic E-state index is 3.53. The van der Waals surface area contributed by atoms with Crippen LogP contribution in [0.1, 0.15) is 24.8 Å². The van der Waals surface area contributed by atoms with Gasteiger partial charge in [-0.25, -0.2) is 0 Å². The van der Waals surface area contributed by atoms with Crippen LogP contribution in [0.5, 0.6) is 0 Å². The molecule has 1 aromatic carbocycles. The van der Waals surface area contributed by atoms with E-state index in [1.807, 2.05) is 0 Å². The largest absolute Gasteiger partial charge is 0.316 e. The monoisotopic (exact) mass is 267 g/mol. The molecule has 1 aliphatic rings. The van der Waals surface area contributed by atoms with Gasteiger partial charge < -0.3 is 5.32 Å². The number of benzene rings is 1. The van der Waals surface area contributed by atoms with Crippen molar-refractivity contribution in [2.45, 2.75) is 25.7 Å². The fraction of sp³-hybridized carbons (Fsp3) is 0.538. The van der Waals surface area contributed by atoms with E-state index in [-0.39, 0.29) is 0 Å². The maximum Gasteiger partial charge on any atom is 0.0177 e. The molecule has 1 atom stereocenters. The van der Waals surface area contributed by atoms with Crippen LogP contribution in [0.15, 0.2) is 28.7 Å². The summed E-state index contributed by atoms with van der Waals surface area (Å²) in [5, 5.41) is 3.52. The van der Waals surface area contributed by atoms with Crippen molar-refractivity contribution < 1.29 is 0 Å². The summed E-state index contributed by atoms with van der Waals surface area (Å²) in [6.07, 6.45) is 5.31. The Hall–Kier alpha value is -0.340. The normalized spacial score (nSPS) is 22.3. The highest BCUT2D eigenvalue weighted by Gasteiger charge is 2.12. The number of nitrogens with one attached hydrogen (secondary N) is 1. The number of hydrogen-bond acceptors (Lipinski definition) is 1. The average molecular weight is 268 g/mol. The second-order valence-electron chi connectivity index (χ2n) is 4.40. The SMILES string of the molecule is Brc1cccc(CC2CCCCNC2)c1. The fourth-order valence-corrected chi connectivity index (χ4v) is 2.71. The molecule has 82 valence electrons. The average Bonchev–Trinajstić information content (AvgIpc) is 2.46. The lowest BCUT2D eigenvalue weighted by Crippen LogP contribution is -2.21. The van der Waals surface area contributed by atoms with E-state index in [0.29, 0.717) is 0 Å². The van der Waals surface area contributed by atoms with Crippen LogP contribution in [0, 0.1) is 5.92 Å². The van der Waals surface area contributed by atoms with Crippen LogP contribution in [0.25, 0.3) is 0 Å². The fourth-order valence-electron chi connectivity index (χ4n) is 2.26. The molecule has 0 bridgehead atoms. The minimum Gasteiger partial charge on any atom is -0.316 e. The molecule has 0 aliphatic carbocycles. The van der Waals surface area contributed by atoms with Gasteiger partial charge in [0, 0.05) is 4.47 Å². The quantitative estimate of drug-likeness (QED) is 0.867. The summed E-state index contributed by atoms with van der Waals surface area (Å²) in [5.41, 5.74) is 1.46. The Morgan fingerprint density at radius 2 is 2.27 bits per heavy atom. The summed E-state index contributed by atoms with van der Waals surface area (Å²) in [6.45, 7) is 2.39. The van der Waals surface area contributed by atoms with Crippen molar-refractivity contribution in [2.75, 3.05) is 13.1 Å². The predicted octanol–water partition coefficient (Wildman–Crippen LogP) is 3.38. The van der Waals surface area contributed by atoms with Crippen molar-refractivity contribution in [3.8, 4) is 0 Å². The summed E-state index contributed by atoms with van der Waals surface area (Å²) < 4.78 is 1.20. The number of halogens is 1. The Balaban J connectivity index is 1.95. The first kappa shape index (κ1) is 11.2. The molecule has 1 fully saturated rings. The molecule has 0 aromatic heterocycles.